The van der Waals surface area contributed by atoms with Crippen molar-refractivity contribution in [3.8, 4) is 22.8 Å². The van der Waals surface area contributed by atoms with E-state index in [1.54, 1.807) is 0 Å². The maximum Gasteiger partial charge on any atom is 0.204 e. The Kier molecular flexibility index (Phi) is 4.81. The summed E-state index contributed by atoms with van der Waals surface area (Å²) in [6.45, 7) is 0.686. The van der Waals surface area contributed by atoms with Crippen LogP contribution < -0.4 is 0 Å². The van der Waals surface area contributed by atoms with Gasteiger partial charge in [0.15, 0.2) is 0 Å². The molecule has 3 heterocycles. The molecule has 3 aromatic heterocycles. The van der Waals surface area contributed by atoms with Crippen LogP contribution in [0.2, 0.25) is 0 Å². The maximum absolute atomic E-state index is 4.66. The van der Waals surface area contributed by atoms with Crippen LogP contribution in [0.25, 0.3) is 22.8 Å². The van der Waals surface area contributed by atoms with Crippen molar-refractivity contribution >= 4 is 0 Å². The van der Waals surface area contributed by atoms with Crippen LogP contribution in [0.15, 0.2) is 49.1 Å². The minimum absolute atomic E-state index is 0.505. The SMILES string of the molecule is c1cc(Cn2ccnc2-c2cnc(C3CCCCC3)nc2)cc(-c2nn[nH]n2)c1. The number of rotatable bonds is 5. The quantitative estimate of drug-likeness (QED) is 0.562. The fraction of sp³-hybridized carbons (Fsp3) is 0.333. The second kappa shape index (κ2) is 7.90. The molecule has 0 radical (unpaired) electrons. The number of tetrazole rings is 1. The van der Waals surface area contributed by atoms with Crippen LogP contribution in [-0.2, 0) is 6.54 Å². The number of nitrogens with zero attached hydrogens (tertiary/aromatic N) is 7. The molecule has 0 unspecified atom stereocenters. The van der Waals surface area contributed by atoms with Gasteiger partial charge < -0.3 is 4.57 Å². The predicted molar refractivity (Wildman–Crippen MR) is 108 cm³/mol. The van der Waals surface area contributed by atoms with Crippen LogP contribution in [0.5, 0.6) is 0 Å². The Bertz CT molecular complexity index is 1060. The Morgan fingerprint density at radius 1 is 1.00 bits per heavy atom. The number of H-pyrrole nitrogens is 1. The van der Waals surface area contributed by atoms with Crippen LogP contribution in [0.3, 0.4) is 0 Å². The Hall–Kier alpha value is -3.42. The highest BCUT2D eigenvalue weighted by Crippen LogP contribution is 2.31. The molecule has 0 amide bonds. The summed E-state index contributed by atoms with van der Waals surface area (Å²) >= 11 is 0. The molecule has 4 aromatic rings. The van der Waals surface area contributed by atoms with Gasteiger partial charge in [0.2, 0.25) is 5.82 Å². The number of benzene rings is 1. The molecule has 29 heavy (non-hydrogen) atoms. The fourth-order valence-corrected chi connectivity index (χ4v) is 4.01. The molecular formula is C21H22N8. The molecule has 8 heteroatoms. The second-order valence-electron chi connectivity index (χ2n) is 7.48. The summed E-state index contributed by atoms with van der Waals surface area (Å²) in [7, 11) is 0. The Balaban J connectivity index is 1.37. The minimum atomic E-state index is 0.505. The molecule has 0 atom stereocenters. The van der Waals surface area contributed by atoms with E-state index in [1.165, 1.54) is 32.1 Å². The van der Waals surface area contributed by atoms with Crippen molar-refractivity contribution in [2.75, 3.05) is 0 Å². The van der Waals surface area contributed by atoms with Crippen molar-refractivity contribution in [2.45, 2.75) is 44.6 Å². The first-order valence-corrected chi connectivity index (χ1v) is 10.0. The van der Waals surface area contributed by atoms with Crippen LogP contribution in [0.4, 0.5) is 0 Å². The molecule has 1 aliphatic rings. The summed E-state index contributed by atoms with van der Waals surface area (Å²) in [6.07, 6.45) is 13.9. The van der Waals surface area contributed by atoms with Gasteiger partial charge in [0.1, 0.15) is 11.6 Å². The van der Waals surface area contributed by atoms with E-state index in [1.807, 2.05) is 36.9 Å². The van der Waals surface area contributed by atoms with Gasteiger partial charge in [0, 0.05) is 42.8 Å². The van der Waals surface area contributed by atoms with Gasteiger partial charge in [-0.15, -0.1) is 10.2 Å². The molecule has 1 aromatic carbocycles. The third kappa shape index (κ3) is 3.78. The summed E-state index contributed by atoms with van der Waals surface area (Å²) in [4.78, 5) is 13.9. The molecule has 146 valence electrons. The van der Waals surface area contributed by atoms with Gasteiger partial charge in [-0.2, -0.15) is 5.21 Å². The number of hydrogen-bond donors (Lipinski definition) is 1. The molecule has 1 N–H and O–H groups in total. The van der Waals surface area contributed by atoms with Gasteiger partial charge in [-0.3, -0.25) is 0 Å². The highest BCUT2D eigenvalue weighted by atomic mass is 15.5. The van der Waals surface area contributed by atoms with Crippen molar-refractivity contribution in [2.24, 2.45) is 0 Å². The van der Waals surface area contributed by atoms with E-state index >= 15 is 0 Å². The molecule has 0 aliphatic heterocycles. The van der Waals surface area contributed by atoms with E-state index < -0.39 is 0 Å². The second-order valence-corrected chi connectivity index (χ2v) is 7.48. The summed E-state index contributed by atoms with van der Waals surface area (Å²) in [5.74, 6) is 2.93. The molecule has 0 bridgehead atoms. The van der Waals surface area contributed by atoms with Crippen molar-refractivity contribution in [1.29, 1.82) is 0 Å². The summed E-state index contributed by atoms with van der Waals surface area (Å²) in [5, 5.41) is 14.2. The smallest absolute Gasteiger partial charge is 0.204 e. The van der Waals surface area contributed by atoms with E-state index in [0.717, 1.165) is 28.3 Å². The number of hydrogen-bond acceptors (Lipinski definition) is 6. The Morgan fingerprint density at radius 2 is 1.86 bits per heavy atom. The number of imidazole rings is 1. The molecule has 8 nitrogen and oxygen atoms in total. The lowest BCUT2D eigenvalue weighted by Crippen LogP contribution is -2.09. The zero-order chi connectivity index (χ0) is 19.5. The van der Waals surface area contributed by atoms with E-state index in [0.29, 0.717) is 18.3 Å². The van der Waals surface area contributed by atoms with Crippen LogP contribution in [0, 0.1) is 0 Å². The lowest BCUT2D eigenvalue weighted by Gasteiger charge is -2.20. The molecule has 1 saturated carbocycles. The van der Waals surface area contributed by atoms with E-state index in [-0.39, 0.29) is 0 Å². The van der Waals surface area contributed by atoms with Crippen LogP contribution in [-0.4, -0.2) is 40.1 Å². The van der Waals surface area contributed by atoms with Crippen molar-refractivity contribution in [3.63, 3.8) is 0 Å². The lowest BCUT2D eigenvalue weighted by atomic mass is 9.89. The van der Waals surface area contributed by atoms with Gasteiger partial charge in [0.05, 0.1) is 5.56 Å². The Labute approximate surface area is 168 Å². The molecule has 1 aliphatic carbocycles. The van der Waals surface area contributed by atoms with Gasteiger partial charge in [-0.25, -0.2) is 15.0 Å². The largest absolute Gasteiger partial charge is 0.326 e. The molecule has 0 saturated heterocycles. The fourth-order valence-electron chi connectivity index (χ4n) is 4.01. The van der Waals surface area contributed by atoms with Gasteiger partial charge in [-0.1, -0.05) is 37.5 Å². The molecule has 0 spiro atoms. The molecule has 5 rings (SSSR count). The monoisotopic (exact) mass is 386 g/mol. The van der Waals surface area contributed by atoms with Gasteiger partial charge in [-0.05, 0) is 29.7 Å². The zero-order valence-electron chi connectivity index (χ0n) is 16.1. The van der Waals surface area contributed by atoms with Gasteiger partial charge in [0.25, 0.3) is 0 Å². The van der Waals surface area contributed by atoms with Gasteiger partial charge >= 0.3 is 0 Å². The first-order valence-electron chi connectivity index (χ1n) is 10.0. The molecular weight excluding hydrogens is 364 g/mol. The minimum Gasteiger partial charge on any atom is -0.326 e. The first-order chi connectivity index (χ1) is 14.4. The van der Waals surface area contributed by atoms with Crippen molar-refractivity contribution in [1.82, 2.24) is 40.1 Å². The average molecular weight is 386 g/mol. The van der Waals surface area contributed by atoms with E-state index in [2.05, 4.69) is 52.3 Å². The topological polar surface area (TPSA) is 98.1 Å². The third-order valence-electron chi connectivity index (χ3n) is 5.50. The third-order valence-corrected chi connectivity index (χ3v) is 5.50. The number of aromatic nitrogens is 8. The lowest BCUT2D eigenvalue weighted by molar-refractivity contribution is 0.428. The first kappa shape index (κ1) is 17.7. The van der Waals surface area contributed by atoms with E-state index in [4.69, 9.17) is 0 Å². The summed E-state index contributed by atoms with van der Waals surface area (Å²) in [6, 6.07) is 8.12. The highest BCUT2D eigenvalue weighted by Gasteiger charge is 2.18. The van der Waals surface area contributed by atoms with Crippen molar-refractivity contribution < 1.29 is 0 Å². The average Bonchev–Trinajstić information content (AvgIpc) is 3.47. The summed E-state index contributed by atoms with van der Waals surface area (Å²) < 4.78 is 2.11. The Morgan fingerprint density at radius 3 is 2.66 bits per heavy atom. The zero-order valence-corrected chi connectivity index (χ0v) is 16.1. The van der Waals surface area contributed by atoms with Crippen molar-refractivity contribution in [3.05, 3.63) is 60.4 Å². The maximum atomic E-state index is 4.66. The van der Waals surface area contributed by atoms with Crippen LogP contribution >= 0.6 is 0 Å². The highest BCUT2D eigenvalue weighted by molar-refractivity contribution is 5.56. The van der Waals surface area contributed by atoms with Crippen LogP contribution in [0.1, 0.15) is 49.4 Å². The number of aromatic amines is 1. The predicted octanol–water partition coefficient (Wildman–Crippen LogP) is 3.62. The number of nitrogens with one attached hydrogen (secondary N) is 1. The summed E-state index contributed by atoms with van der Waals surface area (Å²) in [5.41, 5.74) is 2.99. The standard InChI is InChI=1S/C21H22N8/c1-2-6-16(7-3-1)19-23-12-18(13-24-19)21-22-9-10-29(21)14-15-5-4-8-17(11-15)20-25-27-28-26-20/h4-5,8-13,16H,1-3,6-7,14H2,(H,25,26,27,28). The van der Waals surface area contributed by atoms with E-state index in [9.17, 15) is 0 Å². The molecule has 1 fully saturated rings. The normalized spacial score (nSPS) is 14.9.